The number of hydrogen-bond donors (Lipinski definition) is 2. The fraction of sp³-hybridized carbons (Fsp3) is 0.296. The fourth-order valence-electron chi connectivity index (χ4n) is 3.86. The largest absolute Gasteiger partial charge is 0.496 e. The molecule has 6 nitrogen and oxygen atoms in total. The van der Waals surface area contributed by atoms with Gasteiger partial charge >= 0.3 is 0 Å². The van der Waals surface area contributed by atoms with E-state index in [4.69, 9.17) is 4.74 Å². The Morgan fingerprint density at radius 3 is 2.26 bits per heavy atom. The molecule has 1 atom stereocenters. The first-order chi connectivity index (χ1) is 16.1. The Labute approximate surface area is 202 Å². The van der Waals surface area contributed by atoms with Crippen LogP contribution in [0, 0.1) is 13.8 Å². The molecule has 2 N–H and O–H groups in total. The van der Waals surface area contributed by atoms with Gasteiger partial charge in [-0.2, -0.15) is 4.72 Å². The molecule has 0 fully saturated rings. The fourth-order valence-corrected chi connectivity index (χ4v) is 5.14. The van der Waals surface area contributed by atoms with Crippen LogP contribution >= 0.6 is 0 Å². The van der Waals surface area contributed by atoms with Crippen molar-refractivity contribution >= 4 is 21.6 Å². The zero-order valence-electron chi connectivity index (χ0n) is 20.3. The van der Waals surface area contributed by atoms with Gasteiger partial charge in [0.05, 0.1) is 12.0 Å². The highest BCUT2D eigenvalue weighted by molar-refractivity contribution is 7.89. The Morgan fingerprint density at radius 1 is 0.941 bits per heavy atom. The zero-order chi connectivity index (χ0) is 24.9. The zero-order valence-corrected chi connectivity index (χ0v) is 21.1. The molecule has 1 amide bonds. The van der Waals surface area contributed by atoms with Crippen LogP contribution in [0.25, 0.3) is 0 Å². The molecule has 3 aromatic carbocycles. The summed E-state index contributed by atoms with van der Waals surface area (Å²) in [7, 11) is -2.43. The molecule has 34 heavy (non-hydrogen) atoms. The van der Waals surface area contributed by atoms with Gasteiger partial charge in [-0.15, -0.1) is 0 Å². The average Bonchev–Trinajstić information content (AvgIpc) is 2.80. The average molecular weight is 481 g/mol. The first kappa shape index (κ1) is 25.5. The van der Waals surface area contributed by atoms with E-state index in [9.17, 15) is 13.2 Å². The van der Waals surface area contributed by atoms with Crippen molar-refractivity contribution in [3.8, 4) is 5.75 Å². The van der Waals surface area contributed by atoms with E-state index < -0.39 is 22.0 Å². The van der Waals surface area contributed by atoms with Crippen LogP contribution in [0.4, 0.5) is 5.69 Å². The molecule has 0 aliphatic carbocycles. The van der Waals surface area contributed by atoms with Crippen LogP contribution in [0.2, 0.25) is 0 Å². The predicted octanol–water partition coefficient (Wildman–Crippen LogP) is 4.96. The van der Waals surface area contributed by atoms with Crippen molar-refractivity contribution in [2.75, 3.05) is 12.4 Å². The van der Waals surface area contributed by atoms with Crippen LogP contribution < -0.4 is 14.8 Å². The van der Waals surface area contributed by atoms with Gasteiger partial charge in [-0.1, -0.05) is 62.4 Å². The van der Waals surface area contributed by atoms with Crippen molar-refractivity contribution in [2.45, 2.75) is 51.0 Å². The van der Waals surface area contributed by atoms with E-state index in [2.05, 4.69) is 23.9 Å². The van der Waals surface area contributed by atoms with Gasteiger partial charge in [0.2, 0.25) is 15.9 Å². The first-order valence-electron chi connectivity index (χ1n) is 11.2. The molecule has 0 aliphatic heterocycles. The minimum absolute atomic E-state index is 0.0791. The smallest absolute Gasteiger partial charge is 0.242 e. The summed E-state index contributed by atoms with van der Waals surface area (Å²) in [5.41, 5.74) is 4.19. The second-order valence-corrected chi connectivity index (χ2v) is 10.4. The van der Waals surface area contributed by atoms with Gasteiger partial charge in [-0.3, -0.25) is 4.79 Å². The standard InChI is InChI=1S/C27H32N2O4S/c1-18(2)23-13-9-10-19(3)26(23)28-27(30)24(17-21-11-7-6-8-12-21)29-34(31,32)22-14-15-25(33-5)20(4)16-22/h6-16,18,24,29H,17H2,1-5H3,(H,28,30). The third kappa shape index (κ3) is 6.04. The summed E-state index contributed by atoms with van der Waals surface area (Å²) >= 11 is 0. The van der Waals surface area contributed by atoms with E-state index in [0.717, 1.165) is 22.4 Å². The van der Waals surface area contributed by atoms with Crippen molar-refractivity contribution in [1.29, 1.82) is 0 Å². The van der Waals surface area contributed by atoms with E-state index in [1.165, 1.54) is 19.2 Å². The summed E-state index contributed by atoms with van der Waals surface area (Å²) in [5.74, 6) is 0.383. The second-order valence-electron chi connectivity index (χ2n) is 8.68. The lowest BCUT2D eigenvalue weighted by atomic mass is 9.97. The van der Waals surface area contributed by atoms with Crippen molar-refractivity contribution < 1.29 is 17.9 Å². The molecule has 0 radical (unpaired) electrons. The van der Waals surface area contributed by atoms with Crippen LogP contribution in [-0.2, 0) is 21.2 Å². The Morgan fingerprint density at radius 2 is 1.65 bits per heavy atom. The number of nitrogens with one attached hydrogen (secondary N) is 2. The Kier molecular flexibility index (Phi) is 8.12. The van der Waals surface area contributed by atoms with Gasteiger partial charge in [0, 0.05) is 5.69 Å². The number of hydrogen-bond acceptors (Lipinski definition) is 4. The molecule has 0 heterocycles. The molecule has 0 spiro atoms. The molecule has 0 aromatic heterocycles. The molecule has 0 saturated heterocycles. The van der Waals surface area contributed by atoms with Gasteiger partial charge < -0.3 is 10.1 Å². The number of anilines is 1. The SMILES string of the molecule is COc1ccc(S(=O)(=O)NC(Cc2ccccc2)C(=O)Nc2c(C)cccc2C(C)C)cc1C. The molecule has 0 aliphatic rings. The number of carbonyl (C=O) groups is 1. The lowest BCUT2D eigenvalue weighted by Gasteiger charge is -2.22. The number of sulfonamides is 1. The number of rotatable bonds is 9. The molecule has 0 bridgehead atoms. The maximum Gasteiger partial charge on any atom is 0.242 e. The number of methoxy groups -OCH3 is 1. The third-order valence-corrected chi connectivity index (χ3v) is 7.22. The van der Waals surface area contributed by atoms with Crippen LogP contribution in [0.1, 0.15) is 42.0 Å². The quantitative estimate of drug-likeness (QED) is 0.453. The molecule has 1 unspecified atom stereocenters. The number of ether oxygens (including phenoxy) is 1. The van der Waals surface area contributed by atoms with Crippen LogP contribution in [0.3, 0.4) is 0 Å². The van der Waals surface area contributed by atoms with E-state index in [-0.39, 0.29) is 17.2 Å². The Hall–Kier alpha value is -3.16. The number of aryl methyl sites for hydroxylation is 2. The predicted molar refractivity (Wildman–Crippen MR) is 136 cm³/mol. The summed E-state index contributed by atoms with van der Waals surface area (Å²) in [6, 6.07) is 18.8. The maximum atomic E-state index is 13.5. The Balaban J connectivity index is 1.94. The summed E-state index contributed by atoms with van der Waals surface area (Å²) in [6.45, 7) is 7.82. The Bertz CT molecular complexity index is 1250. The molecule has 3 aromatic rings. The maximum absolute atomic E-state index is 13.5. The lowest BCUT2D eigenvalue weighted by Crippen LogP contribution is -2.45. The summed E-state index contributed by atoms with van der Waals surface area (Å²) in [5, 5.41) is 3.00. The monoisotopic (exact) mass is 480 g/mol. The highest BCUT2D eigenvalue weighted by atomic mass is 32.2. The lowest BCUT2D eigenvalue weighted by molar-refractivity contribution is -0.117. The van der Waals surface area contributed by atoms with Gasteiger partial charge in [-0.25, -0.2) is 8.42 Å². The first-order valence-corrected chi connectivity index (χ1v) is 12.7. The van der Waals surface area contributed by atoms with E-state index >= 15 is 0 Å². The minimum Gasteiger partial charge on any atom is -0.496 e. The summed E-state index contributed by atoms with van der Waals surface area (Å²) in [4.78, 5) is 13.5. The van der Waals surface area contributed by atoms with Crippen molar-refractivity contribution in [3.63, 3.8) is 0 Å². The van der Waals surface area contributed by atoms with Crippen LogP contribution in [-0.4, -0.2) is 27.5 Å². The number of carbonyl (C=O) groups excluding carboxylic acids is 1. The molecule has 3 rings (SSSR count). The van der Waals surface area contributed by atoms with Crippen LogP contribution in [0.15, 0.2) is 71.6 Å². The van der Waals surface area contributed by atoms with Crippen molar-refractivity contribution in [1.82, 2.24) is 4.72 Å². The summed E-state index contributed by atoms with van der Waals surface area (Å²) < 4.78 is 34.4. The molecule has 7 heteroatoms. The van der Waals surface area contributed by atoms with Crippen molar-refractivity contribution in [2.24, 2.45) is 0 Å². The molecular weight excluding hydrogens is 448 g/mol. The van der Waals surface area contributed by atoms with Gasteiger partial charge in [0.15, 0.2) is 0 Å². The number of benzene rings is 3. The van der Waals surface area contributed by atoms with E-state index in [1.54, 1.807) is 13.0 Å². The third-order valence-electron chi connectivity index (χ3n) is 5.75. The minimum atomic E-state index is -3.97. The van der Waals surface area contributed by atoms with Crippen molar-refractivity contribution in [3.05, 3.63) is 89.0 Å². The van der Waals surface area contributed by atoms with Gasteiger partial charge in [0.25, 0.3) is 0 Å². The van der Waals surface area contributed by atoms with E-state index in [0.29, 0.717) is 11.3 Å². The highest BCUT2D eigenvalue weighted by Crippen LogP contribution is 2.28. The highest BCUT2D eigenvalue weighted by Gasteiger charge is 2.27. The molecular formula is C27H32N2O4S. The van der Waals surface area contributed by atoms with Crippen LogP contribution in [0.5, 0.6) is 5.75 Å². The molecule has 180 valence electrons. The van der Waals surface area contributed by atoms with E-state index in [1.807, 2.05) is 55.5 Å². The normalized spacial score (nSPS) is 12.4. The van der Waals surface area contributed by atoms with Gasteiger partial charge in [0.1, 0.15) is 11.8 Å². The number of amides is 1. The summed E-state index contributed by atoms with van der Waals surface area (Å²) in [6.07, 6.45) is 0.212. The molecule has 0 saturated carbocycles. The number of para-hydroxylation sites is 1. The second kappa shape index (κ2) is 10.8. The van der Waals surface area contributed by atoms with Gasteiger partial charge in [-0.05, 0) is 66.6 Å². The topological polar surface area (TPSA) is 84.5 Å².